The van der Waals surface area contributed by atoms with Crippen LogP contribution in [0.4, 0.5) is 0 Å². The molecule has 6 nitrogen and oxygen atoms in total. The highest BCUT2D eigenvalue weighted by atomic mass is 16.1. The van der Waals surface area contributed by atoms with Crippen LogP contribution in [0.1, 0.15) is 21.9 Å². The van der Waals surface area contributed by atoms with Crippen molar-refractivity contribution in [3.63, 3.8) is 0 Å². The van der Waals surface area contributed by atoms with Crippen molar-refractivity contribution in [3.8, 4) is 0 Å². The molecule has 1 amide bonds. The van der Waals surface area contributed by atoms with Gasteiger partial charge in [0.25, 0.3) is 5.91 Å². The van der Waals surface area contributed by atoms with Crippen LogP contribution in [0.25, 0.3) is 0 Å². The first-order chi connectivity index (χ1) is 7.77. The number of aromatic nitrogens is 4. The highest BCUT2D eigenvalue weighted by Gasteiger charge is 2.09. The standard InChI is InChI=1S/C10H11N5O/c1-7-3-2-4-11-9(7)10(16)12-5-8-13-6-14-15-8/h2-4,6H,5H2,1H3,(H,12,16)(H,13,14,15). The van der Waals surface area contributed by atoms with E-state index in [0.717, 1.165) is 5.56 Å². The number of nitrogens with zero attached hydrogens (tertiary/aromatic N) is 3. The lowest BCUT2D eigenvalue weighted by Gasteiger charge is -2.04. The summed E-state index contributed by atoms with van der Waals surface area (Å²) in [5.41, 5.74) is 1.28. The minimum absolute atomic E-state index is 0.213. The maximum atomic E-state index is 11.7. The predicted octanol–water partition coefficient (Wildman–Crippen LogP) is 0.438. The number of nitrogens with one attached hydrogen (secondary N) is 2. The van der Waals surface area contributed by atoms with E-state index in [1.165, 1.54) is 6.33 Å². The minimum Gasteiger partial charge on any atom is -0.343 e. The number of carbonyl (C=O) groups is 1. The maximum Gasteiger partial charge on any atom is 0.270 e. The molecular weight excluding hydrogens is 206 g/mol. The van der Waals surface area contributed by atoms with Gasteiger partial charge in [0, 0.05) is 6.20 Å². The SMILES string of the molecule is Cc1cccnc1C(=O)NCc1ncn[nH]1. The minimum atomic E-state index is -0.213. The van der Waals surface area contributed by atoms with Gasteiger partial charge in [-0.15, -0.1) is 0 Å². The number of rotatable bonds is 3. The lowest BCUT2D eigenvalue weighted by Crippen LogP contribution is -2.25. The van der Waals surface area contributed by atoms with E-state index in [4.69, 9.17) is 0 Å². The van der Waals surface area contributed by atoms with Crippen LogP contribution in [0.5, 0.6) is 0 Å². The average Bonchev–Trinajstić information content (AvgIpc) is 2.79. The third kappa shape index (κ3) is 2.22. The number of H-pyrrole nitrogens is 1. The largest absolute Gasteiger partial charge is 0.343 e. The van der Waals surface area contributed by atoms with E-state index in [2.05, 4.69) is 25.5 Å². The van der Waals surface area contributed by atoms with E-state index in [0.29, 0.717) is 18.1 Å². The van der Waals surface area contributed by atoms with Gasteiger partial charge in [0.2, 0.25) is 0 Å². The van der Waals surface area contributed by atoms with Gasteiger partial charge in [-0.1, -0.05) is 6.07 Å². The second-order valence-corrected chi connectivity index (χ2v) is 3.28. The number of carbonyl (C=O) groups excluding carboxylic acids is 1. The van der Waals surface area contributed by atoms with Crippen LogP contribution in [0.2, 0.25) is 0 Å². The molecule has 2 aromatic rings. The number of hydrogen-bond acceptors (Lipinski definition) is 4. The summed E-state index contributed by atoms with van der Waals surface area (Å²) in [5, 5.41) is 9.06. The molecule has 2 heterocycles. The second-order valence-electron chi connectivity index (χ2n) is 3.28. The molecule has 2 rings (SSSR count). The summed E-state index contributed by atoms with van der Waals surface area (Å²) in [6, 6.07) is 3.64. The quantitative estimate of drug-likeness (QED) is 0.781. The maximum absolute atomic E-state index is 11.7. The van der Waals surface area contributed by atoms with E-state index in [1.807, 2.05) is 13.0 Å². The number of hydrogen-bond donors (Lipinski definition) is 2. The van der Waals surface area contributed by atoms with Gasteiger partial charge in [0.15, 0.2) is 0 Å². The number of aromatic amines is 1. The molecule has 0 aliphatic heterocycles. The fraction of sp³-hybridized carbons (Fsp3) is 0.200. The topological polar surface area (TPSA) is 83.6 Å². The molecular formula is C10H11N5O. The second kappa shape index (κ2) is 4.52. The van der Waals surface area contributed by atoms with Crippen molar-refractivity contribution in [1.29, 1.82) is 0 Å². The van der Waals surface area contributed by atoms with Crippen molar-refractivity contribution >= 4 is 5.91 Å². The Morgan fingerprint density at radius 1 is 1.50 bits per heavy atom. The van der Waals surface area contributed by atoms with Crippen molar-refractivity contribution in [2.75, 3.05) is 0 Å². The van der Waals surface area contributed by atoms with Gasteiger partial charge >= 0.3 is 0 Å². The Bertz CT molecular complexity index is 480. The van der Waals surface area contributed by atoms with Gasteiger partial charge < -0.3 is 5.32 Å². The van der Waals surface area contributed by atoms with Gasteiger partial charge in [0.05, 0.1) is 6.54 Å². The summed E-state index contributed by atoms with van der Waals surface area (Å²) in [6.45, 7) is 2.16. The van der Waals surface area contributed by atoms with E-state index >= 15 is 0 Å². The molecule has 0 saturated heterocycles. The van der Waals surface area contributed by atoms with Crippen LogP contribution in [-0.4, -0.2) is 26.1 Å². The van der Waals surface area contributed by atoms with E-state index in [9.17, 15) is 4.79 Å². The first kappa shape index (κ1) is 10.3. The molecule has 0 radical (unpaired) electrons. The molecule has 16 heavy (non-hydrogen) atoms. The van der Waals surface area contributed by atoms with Crippen LogP contribution in [0.3, 0.4) is 0 Å². The van der Waals surface area contributed by atoms with Crippen LogP contribution >= 0.6 is 0 Å². The molecule has 82 valence electrons. The van der Waals surface area contributed by atoms with Crippen LogP contribution in [0.15, 0.2) is 24.7 Å². The Kier molecular flexibility index (Phi) is 2.90. The molecule has 0 atom stereocenters. The van der Waals surface area contributed by atoms with E-state index in [1.54, 1.807) is 12.3 Å². The summed E-state index contributed by atoms with van der Waals surface area (Å²) in [4.78, 5) is 19.6. The molecule has 0 aliphatic carbocycles. The molecule has 2 aromatic heterocycles. The zero-order valence-corrected chi connectivity index (χ0v) is 8.77. The molecule has 0 unspecified atom stereocenters. The van der Waals surface area contributed by atoms with Crippen LogP contribution in [-0.2, 0) is 6.54 Å². The van der Waals surface area contributed by atoms with Crippen molar-refractivity contribution in [2.45, 2.75) is 13.5 Å². The lowest BCUT2D eigenvalue weighted by atomic mass is 10.2. The molecule has 6 heteroatoms. The normalized spacial score (nSPS) is 10.1. The molecule has 0 aromatic carbocycles. The zero-order chi connectivity index (χ0) is 11.4. The van der Waals surface area contributed by atoms with Gasteiger partial charge in [-0.05, 0) is 18.6 Å². The van der Waals surface area contributed by atoms with Gasteiger partial charge in [-0.3, -0.25) is 14.9 Å². The summed E-state index contributed by atoms with van der Waals surface area (Å²) >= 11 is 0. The fourth-order valence-corrected chi connectivity index (χ4v) is 1.29. The van der Waals surface area contributed by atoms with Crippen molar-refractivity contribution in [3.05, 3.63) is 41.7 Å². The summed E-state index contributed by atoms with van der Waals surface area (Å²) in [5.74, 6) is 0.399. The summed E-state index contributed by atoms with van der Waals surface area (Å²) in [6.07, 6.45) is 2.99. The first-order valence-corrected chi connectivity index (χ1v) is 4.81. The van der Waals surface area contributed by atoms with Gasteiger partial charge in [-0.25, -0.2) is 4.98 Å². The van der Waals surface area contributed by atoms with Gasteiger partial charge in [-0.2, -0.15) is 5.10 Å². The Hall–Kier alpha value is -2.24. The molecule has 0 fully saturated rings. The first-order valence-electron chi connectivity index (χ1n) is 4.81. The highest BCUT2D eigenvalue weighted by molar-refractivity contribution is 5.93. The van der Waals surface area contributed by atoms with Gasteiger partial charge in [0.1, 0.15) is 17.8 Å². The number of pyridine rings is 1. The van der Waals surface area contributed by atoms with Crippen molar-refractivity contribution in [2.24, 2.45) is 0 Å². The number of aryl methyl sites for hydroxylation is 1. The molecule has 0 spiro atoms. The van der Waals surface area contributed by atoms with Crippen molar-refractivity contribution in [1.82, 2.24) is 25.5 Å². The number of amides is 1. The molecule has 0 saturated carbocycles. The van der Waals surface area contributed by atoms with Crippen LogP contribution < -0.4 is 5.32 Å². The summed E-state index contributed by atoms with van der Waals surface area (Å²) < 4.78 is 0. The van der Waals surface area contributed by atoms with E-state index < -0.39 is 0 Å². The smallest absolute Gasteiger partial charge is 0.270 e. The molecule has 0 aliphatic rings. The highest BCUT2D eigenvalue weighted by Crippen LogP contribution is 2.02. The third-order valence-electron chi connectivity index (χ3n) is 2.11. The monoisotopic (exact) mass is 217 g/mol. The molecule has 2 N–H and O–H groups in total. The molecule has 0 bridgehead atoms. The zero-order valence-electron chi connectivity index (χ0n) is 8.77. The Morgan fingerprint density at radius 3 is 3.06 bits per heavy atom. The van der Waals surface area contributed by atoms with Crippen LogP contribution in [0, 0.1) is 6.92 Å². The Labute approximate surface area is 92.1 Å². The predicted molar refractivity (Wildman–Crippen MR) is 56.5 cm³/mol. The Balaban J connectivity index is 2.01. The Morgan fingerprint density at radius 2 is 2.38 bits per heavy atom. The average molecular weight is 217 g/mol. The third-order valence-corrected chi connectivity index (χ3v) is 2.11. The van der Waals surface area contributed by atoms with E-state index in [-0.39, 0.29) is 5.91 Å². The summed E-state index contributed by atoms with van der Waals surface area (Å²) in [7, 11) is 0. The lowest BCUT2D eigenvalue weighted by molar-refractivity contribution is 0.0944. The fourth-order valence-electron chi connectivity index (χ4n) is 1.29. The van der Waals surface area contributed by atoms with Crippen molar-refractivity contribution < 1.29 is 4.79 Å².